The molecule has 140 valence electrons. The molecule has 1 fully saturated rings. The smallest absolute Gasteiger partial charge is 0.293 e. The Morgan fingerprint density at radius 3 is 2.00 bits per heavy atom. The Bertz CT molecular complexity index is 832. The van der Waals surface area contributed by atoms with Crippen LogP contribution in [0.25, 0.3) is 10.9 Å². The van der Waals surface area contributed by atoms with E-state index in [1.54, 1.807) is 6.92 Å². The number of nitrogens with two attached hydrogens (primary N) is 2. The molecule has 0 bridgehead atoms. The number of nitrogens with one attached hydrogen (secondary N) is 1. The number of carbonyl (C=O) groups is 2. The highest BCUT2D eigenvalue weighted by Crippen LogP contribution is 2.25. The SMILES string of the molecule is C1CCCC1.CC#CC(N)=O.Cc1[nH]c2c(C(N)=O)cc(F)cc2c1C. The molecule has 0 atom stereocenters. The summed E-state index contributed by atoms with van der Waals surface area (Å²) in [6.07, 6.45) is 7.50. The first kappa shape index (κ1) is 21.2. The highest BCUT2D eigenvalue weighted by atomic mass is 19.1. The number of carbonyl (C=O) groups excluding carboxylic acids is 2. The zero-order chi connectivity index (χ0) is 19.7. The molecule has 0 spiro atoms. The number of benzene rings is 1. The number of rotatable bonds is 1. The van der Waals surface area contributed by atoms with Gasteiger partial charge in [0.25, 0.3) is 11.8 Å². The normalized spacial score (nSPS) is 12.2. The van der Waals surface area contributed by atoms with Gasteiger partial charge in [-0.25, -0.2) is 4.39 Å². The van der Waals surface area contributed by atoms with Crippen LogP contribution >= 0.6 is 0 Å². The number of hydrogen-bond acceptors (Lipinski definition) is 2. The average Bonchev–Trinajstić information content (AvgIpc) is 3.22. The summed E-state index contributed by atoms with van der Waals surface area (Å²) >= 11 is 0. The van der Waals surface area contributed by atoms with Gasteiger partial charge in [-0.3, -0.25) is 9.59 Å². The number of amides is 2. The maximum absolute atomic E-state index is 13.2. The molecule has 0 radical (unpaired) electrons. The van der Waals surface area contributed by atoms with Gasteiger partial charge in [-0.05, 0) is 44.4 Å². The number of fused-ring (bicyclic) bond motifs is 1. The van der Waals surface area contributed by atoms with Gasteiger partial charge in [0.2, 0.25) is 0 Å². The van der Waals surface area contributed by atoms with Crippen molar-refractivity contribution in [3.63, 3.8) is 0 Å². The fourth-order valence-electron chi connectivity index (χ4n) is 2.72. The fraction of sp³-hybridized carbons (Fsp3) is 0.400. The van der Waals surface area contributed by atoms with Crippen molar-refractivity contribution in [1.82, 2.24) is 4.98 Å². The summed E-state index contributed by atoms with van der Waals surface area (Å²) in [5.74, 6) is 2.80. The van der Waals surface area contributed by atoms with Crippen LogP contribution in [0, 0.1) is 31.5 Å². The molecule has 0 unspecified atom stereocenters. The van der Waals surface area contributed by atoms with Gasteiger partial charge in [-0.15, -0.1) is 0 Å². The Kier molecular flexibility index (Phi) is 8.36. The third-order valence-electron chi connectivity index (χ3n) is 4.15. The Labute approximate surface area is 153 Å². The third kappa shape index (κ3) is 6.25. The summed E-state index contributed by atoms with van der Waals surface area (Å²) in [5.41, 5.74) is 12.4. The lowest BCUT2D eigenvalue weighted by atomic mass is 10.1. The van der Waals surface area contributed by atoms with Crippen molar-refractivity contribution in [2.24, 2.45) is 11.5 Å². The van der Waals surface area contributed by atoms with Gasteiger partial charge in [0.05, 0.1) is 11.1 Å². The number of aromatic nitrogens is 1. The molecular formula is C20H26FN3O2. The molecule has 1 heterocycles. The molecule has 1 saturated carbocycles. The van der Waals surface area contributed by atoms with E-state index in [0.29, 0.717) is 10.9 Å². The highest BCUT2D eigenvalue weighted by molar-refractivity contribution is 6.06. The van der Waals surface area contributed by atoms with E-state index in [-0.39, 0.29) is 5.56 Å². The summed E-state index contributed by atoms with van der Waals surface area (Å²) in [6, 6.07) is 2.56. The summed E-state index contributed by atoms with van der Waals surface area (Å²) in [4.78, 5) is 23.8. The number of aromatic amines is 1. The van der Waals surface area contributed by atoms with Gasteiger partial charge in [0.1, 0.15) is 5.82 Å². The van der Waals surface area contributed by atoms with Crippen molar-refractivity contribution >= 4 is 22.7 Å². The maximum atomic E-state index is 13.2. The minimum absolute atomic E-state index is 0.196. The number of primary amides is 2. The van der Waals surface area contributed by atoms with E-state index in [4.69, 9.17) is 5.73 Å². The van der Waals surface area contributed by atoms with E-state index >= 15 is 0 Å². The summed E-state index contributed by atoms with van der Waals surface area (Å²) in [5, 5.41) is 0.710. The van der Waals surface area contributed by atoms with E-state index in [9.17, 15) is 14.0 Å². The van der Waals surface area contributed by atoms with Crippen LogP contribution in [-0.4, -0.2) is 16.8 Å². The van der Waals surface area contributed by atoms with Crippen molar-refractivity contribution in [2.45, 2.75) is 52.9 Å². The molecule has 2 amide bonds. The summed E-state index contributed by atoms with van der Waals surface area (Å²) in [6.45, 7) is 5.31. The second-order valence-electron chi connectivity index (χ2n) is 6.12. The molecule has 0 saturated heterocycles. The standard InChI is InChI=1S/C11H11FN2O.C5H10.C4H5NO/c1-5-6(2)14-10-8(5)3-7(12)4-9(10)11(13)15;1-2-4-5-3-1;1-2-3-4(5)6/h3-4,14H,1-2H3,(H2,13,15);1-5H2;1H3,(H2,5,6). The Morgan fingerprint density at radius 1 is 1.08 bits per heavy atom. The Balaban J connectivity index is 0.000000253. The molecular weight excluding hydrogens is 333 g/mol. The van der Waals surface area contributed by atoms with Crippen molar-refractivity contribution in [1.29, 1.82) is 0 Å². The Hall–Kier alpha value is -2.81. The lowest BCUT2D eigenvalue weighted by Crippen LogP contribution is -2.11. The zero-order valence-electron chi connectivity index (χ0n) is 15.5. The van der Waals surface area contributed by atoms with Crippen LogP contribution in [0.4, 0.5) is 4.39 Å². The minimum Gasteiger partial charge on any atom is -0.366 e. The van der Waals surface area contributed by atoms with Gasteiger partial charge in [0, 0.05) is 11.1 Å². The fourth-order valence-corrected chi connectivity index (χ4v) is 2.72. The quantitative estimate of drug-likeness (QED) is 0.679. The predicted molar refractivity (Wildman–Crippen MR) is 102 cm³/mol. The largest absolute Gasteiger partial charge is 0.366 e. The molecule has 0 aliphatic heterocycles. The first-order chi connectivity index (χ1) is 12.3. The van der Waals surface area contributed by atoms with Crippen LogP contribution in [-0.2, 0) is 4.79 Å². The van der Waals surface area contributed by atoms with E-state index < -0.39 is 17.6 Å². The second kappa shape index (κ2) is 10.2. The molecule has 1 aliphatic rings. The van der Waals surface area contributed by atoms with Crippen LogP contribution in [0.5, 0.6) is 0 Å². The van der Waals surface area contributed by atoms with Crippen LogP contribution in [0.1, 0.15) is 60.6 Å². The van der Waals surface area contributed by atoms with Gasteiger partial charge in [-0.2, -0.15) is 0 Å². The van der Waals surface area contributed by atoms with E-state index in [1.807, 2.05) is 13.8 Å². The van der Waals surface area contributed by atoms with Crippen molar-refractivity contribution in [2.75, 3.05) is 0 Å². The third-order valence-corrected chi connectivity index (χ3v) is 4.15. The highest BCUT2D eigenvalue weighted by Gasteiger charge is 2.13. The molecule has 1 aromatic heterocycles. The molecule has 26 heavy (non-hydrogen) atoms. The van der Waals surface area contributed by atoms with E-state index in [2.05, 4.69) is 22.6 Å². The van der Waals surface area contributed by atoms with Crippen LogP contribution < -0.4 is 11.5 Å². The number of H-pyrrole nitrogens is 1. The van der Waals surface area contributed by atoms with Gasteiger partial charge in [-0.1, -0.05) is 38.0 Å². The number of aryl methyl sites for hydroxylation is 2. The van der Waals surface area contributed by atoms with Gasteiger partial charge in [0.15, 0.2) is 0 Å². The molecule has 2 aromatic rings. The van der Waals surface area contributed by atoms with Crippen LogP contribution in [0.2, 0.25) is 0 Å². The van der Waals surface area contributed by atoms with E-state index in [1.165, 1.54) is 38.2 Å². The van der Waals surface area contributed by atoms with Gasteiger partial charge >= 0.3 is 0 Å². The zero-order valence-corrected chi connectivity index (χ0v) is 15.5. The summed E-state index contributed by atoms with van der Waals surface area (Å²) < 4.78 is 13.2. The molecule has 1 aliphatic carbocycles. The van der Waals surface area contributed by atoms with Crippen LogP contribution in [0.3, 0.4) is 0 Å². The second-order valence-corrected chi connectivity index (χ2v) is 6.12. The predicted octanol–water partition coefficient (Wildman–Crippen LogP) is 3.47. The van der Waals surface area contributed by atoms with E-state index in [0.717, 1.165) is 17.3 Å². The van der Waals surface area contributed by atoms with Crippen molar-refractivity contribution in [3.8, 4) is 11.8 Å². The number of hydrogen-bond donors (Lipinski definition) is 3. The lowest BCUT2D eigenvalue weighted by molar-refractivity contribution is -0.112. The average molecular weight is 359 g/mol. The summed E-state index contributed by atoms with van der Waals surface area (Å²) in [7, 11) is 0. The minimum atomic E-state index is -0.624. The van der Waals surface area contributed by atoms with Crippen molar-refractivity contribution in [3.05, 3.63) is 34.8 Å². The van der Waals surface area contributed by atoms with Crippen LogP contribution in [0.15, 0.2) is 12.1 Å². The first-order valence-electron chi connectivity index (χ1n) is 8.58. The molecule has 6 heteroatoms. The van der Waals surface area contributed by atoms with Crippen molar-refractivity contribution < 1.29 is 14.0 Å². The molecule has 1 aromatic carbocycles. The monoisotopic (exact) mass is 359 g/mol. The molecule has 5 N–H and O–H groups in total. The lowest BCUT2D eigenvalue weighted by Gasteiger charge is -1.99. The topological polar surface area (TPSA) is 102 Å². The molecule has 3 rings (SSSR count). The Morgan fingerprint density at radius 2 is 1.62 bits per heavy atom. The first-order valence-corrected chi connectivity index (χ1v) is 8.58. The maximum Gasteiger partial charge on any atom is 0.293 e. The molecule has 5 nitrogen and oxygen atoms in total. The van der Waals surface area contributed by atoms with Gasteiger partial charge < -0.3 is 16.5 Å². The number of halogens is 1.